The Kier molecular flexibility index (Phi) is 6.43. The van der Waals surface area contributed by atoms with Crippen LogP contribution >= 0.6 is 15.9 Å². The summed E-state index contributed by atoms with van der Waals surface area (Å²) in [4.78, 5) is 25.4. The van der Waals surface area contributed by atoms with Crippen molar-refractivity contribution in [2.45, 2.75) is 42.2 Å². The normalized spacial score (nSPS) is 15.7. The zero-order valence-corrected chi connectivity index (χ0v) is 18.5. The number of hydrogen-bond donors (Lipinski definition) is 2. The molecule has 154 valence electrons. The summed E-state index contributed by atoms with van der Waals surface area (Å²) in [7, 11) is -3.87. The predicted molar refractivity (Wildman–Crippen MR) is 115 cm³/mol. The van der Waals surface area contributed by atoms with Gasteiger partial charge in [0.1, 0.15) is 0 Å². The molecule has 1 fully saturated rings. The van der Waals surface area contributed by atoms with Crippen molar-refractivity contribution in [3.63, 3.8) is 0 Å². The lowest BCUT2D eigenvalue weighted by Crippen LogP contribution is -2.52. The number of amides is 2. The molecule has 1 aliphatic rings. The molecule has 0 saturated heterocycles. The fraction of sp³-hybridized carbons (Fsp3) is 0.333. The van der Waals surface area contributed by atoms with E-state index < -0.39 is 26.4 Å². The first-order valence-electron chi connectivity index (χ1n) is 9.40. The van der Waals surface area contributed by atoms with Gasteiger partial charge in [-0.1, -0.05) is 47.0 Å². The molecule has 8 heteroatoms. The molecule has 1 aliphatic carbocycles. The van der Waals surface area contributed by atoms with Gasteiger partial charge in [0.25, 0.3) is 0 Å². The van der Waals surface area contributed by atoms with Crippen molar-refractivity contribution >= 4 is 43.3 Å². The Bertz CT molecular complexity index is 1020. The standard InChI is InChI=1S/C21H23BrN2O4S/c1-15-13-16(22)9-10-18(15)24-19(25)14-23-20(26)21(11-5-6-12-21)29(27,28)17-7-3-2-4-8-17/h2-4,7-10,13H,5-6,11-12,14H2,1H3,(H,23,26)(H,24,25). The van der Waals surface area contributed by atoms with Crippen molar-refractivity contribution in [3.8, 4) is 0 Å². The van der Waals surface area contributed by atoms with Crippen LogP contribution in [-0.4, -0.2) is 31.5 Å². The Morgan fingerprint density at radius 2 is 1.72 bits per heavy atom. The maximum absolute atomic E-state index is 13.2. The molecule has 0 heterocycles. The van der Waals surface area contributed by atoms with Crippen LogP contribution in [0, 0.1) is 6.92 Å². The predicted octanol–water partition coefficient (Wildman–Crippen LogP) is 3.60. The summed E-state index contributed by atoms with van der Waals surface area (Å²) in [5.41, 5.74) is 1.51. The molecule has 0 unspecified atom stereocenters. The number of aryl methyl sites for hydroxylation is 1. The minimum absolute atomic E-state index is 0.131. The molecule has 2 aromatic carbocycles. The molecule has 0 radical (unpaired) electrons. The highest BCUT2D eigenvalue weighted by atomic mass is 79.9. The van der Waals surface area contributed by atoms with Crippen molar-refractivity contribution in [1.82, 2.24) is 5.32 Å². The third-order valence-corrected chi connectivity index (χ3v) is 8.27. The quantitative estimate of drug-likeness (QED) is 0.663. The van der Waals surface area contributed by atoms with Crippen LogP contribution in [0.4, 0.5) is 5.69 Å². The maximum atomic E-state index is 13.2. The molecule has 29 heavy (non-hydrogen) atoms. The Hall–Kier alpha value is -2.19. The number of carbonyl (C=O) groups is 2. The topological polar surface area (TPSA) is 92.3 Å². The highest BCUT2D eigenvalue weighted by Gasteiger charge is 2.52. The molecular weight excluding hydrogens is 456 g/mol. The monoisotopic (exact) mass is 478 g/mol. The van der Waals surface area contributed by atoms with Gasteiger partial charge in [0, 0.05) is 10.2 Å². The molecule has 0 aromatic heterocycles. The SMILES string of the molecule is Cc1cc(Br)ccc1NC(=O)CNC(=O)C1(S(=O)(=O)c2ccccc2)CCCC1. The molecular formula is C21H23BrN2O4S. The fourth-order valence-corrected chi connectivity index (χ4v) is 6.26. The van der Waals surface area contributed by atoms with Gasteiger partial charge in [-0.2, -0.15) is 0 Å². The smallest absolute Gasteiger partial charge is 0.243 e. The van der Waals surface area contributed by atoms with E-state index in [1.165, 1.54) is 12.1 Å². The van der Waals surface area contributed by atoms with E-state index >= 15 is 0 Å². The summed E-state index contributed by atoms with van der Waals surface area (Å²) >= 11 is 3.37. The van der Waals surface area contributed by atoms with E-state index in [9.17, 15) is 18.0 Å². The van der Waals surface area contributed by atoms with Gasteiger partial charge >= 0.3 is 0 Å². The van der Waals surface area contributed by atoms with Crippen LogP contribution in [0.25, 0.3) is 0 Å². The Balaban J connectivity index is 1.73. The molecule has 2 amide bonds. The van der Waals surface area contributed by atoms with E-state index in [1.54, 1.807) is 30.3 Å². The first-order chi connectivity index (χ1) is 13.8. The second kappa shape index (κ2) is 8.67. The van der Waals surface area contributed by atoms with Gasteiger partial charge in [0.05, 0.1) is 11.4 Å². The van der Waals surface area contributed by atoms with Crippen LogP contribution in [0.2, 0.25) is 0 Å². The summed E-state index contributed by atoms with van der Waals surface area (Å²) < 4.78 is 25.9. The number of rotatable bonds is 6. The maximum Gasteiger partial charge on any atom is 0.243 e. The van der Waals surface area contributed by atoms with Crippen LogP contribution in [0.5, 0.6) is 0 Å². The summed E-state index contributed by atoms with van der Waals surface area (Å²) in [5, 5.41) is 5.30. The van der Waals surface area contributed by atoms with Crippen molar-refractivity contribution in [1.29, 1.82) is 0 Å². The van der Waals surface area contributed by atoms with Gasteiger partial charge in [-0.15, -0.1) is 0 Å². The van der Waals surface area contributed by atoms with Crippen LogP contribution in [0.15, 0.2) is 57.9 Å². The molecule has 2 aromatic rings. The third-order valence-electron chi connectivity index (χ3n) is 5.26. The number of benzene rings is 2. The van der Waals surface area contributed by atoms with Gasteiger partial charge in [-0.3, -0.25) is 9.59 Å². The van der Waals surface area contributed by atoms with Crippen LogP contribution in [0.1, 0.15) is 31.2 Å². The molecule has 0 atom stereocenters. The number of sulfone groups is 1. The number of nitrogens with one attached hydrogen (secondary N) is 2. The fourth-order valence-electron chi connectivity index (χ4n) is 3.67. The zero-order valence-electron chi connectivity index (χ0n) is 16.1. The molecule has 0 aliphatic heterocycles. The number of anilines is 1. The first kappa shape index (κ1) is 21.5. The lowest BCUT2D eigenvalue weighted by molar-refractivity contribution is -0.126. The molecule has 0 spiro atoms. The van der Waals surface area contributed by atoms with E-state index in [0.717, 1.165) is 10.0 Å². The lowest BCUT2D eigenvalue weighted by Gasteiger charge is -2.27. The summed E-state index contributed by atoms with van der Waals surface area (Å²) in [6.07, 6.45) is 1.82. The van der Waals surface area contributed by atoms with E-state index in [2.05, 4.69) is 26.6 Å². The Morgan fingerprint density at radius 1 is 1.07 bits per heavy atom. The number of hydrogen-bond acceptors (Lipinski definition) is 4. The third kappa shape index (κ3) is 4.38. The van der Waals surface area contributed by atoms with Gasteiger partial charge in [0.15, 0.2) is 14.6 Å². The molecule has 3 rings (SSSR count). The van der Waals surface area contributed by atoms with E-state index in [4.69, 9.17) is 0 Å². The second-order valence-corrected chi connectivity index (χ2v) is 10.4. The van der Waals surface area contributed by atoms with E-state index in [-0.39, 0.29) is 24.3 Å². The van der Waals surface area contributed by atoms with Gasteiger partial charge < -0.3 is 10.6 Å². The van der Waals surface area contributed by atoms with Crippen molar-refractivity contribution in [2.75, 3.05) is 11.9 Å². The molecule has 0 bridgehead atoms. The van der Waals surface area contributed by atoms with Gasteiger partial charge in [0.2, 0.25) is 11.8 Å². The molecule has 2 N–H and O–H groups in total. The van der Waals surface area contributed by atoms with Crippen molar-refractivity contribution < 1.29 is 18.0 Å². The highest BCUT2D eigenvalue weighted by molar-refractivity contribution is 9.10. The highest BCUT2D eigenvalue weighted by Crippen LogP contribution is 2.40. The van der Waals surface area contributed by atoms with Crippen molar-refractivity contribution in [3.05, 3.63) is 58.6 Å². The van der Waals surface area contributed by atoms with Gasteiger partial charge in [-0.05, 0) is 55.7 Å². The van der Waals surface area contributed by atoms with Crippen LogP contribution in [0.3, 0.4) is 0 Å². The number of halogens is 1. The minimum atomic E-state index is -3.87. The van der Waals surface area contributed by atoms with Crippen LogP contribution in [-0.2, 0) is 19.4 Å². The van der Waals surface area contributed by atoms with Crippen LogP contribution < -0.4 is 10.6 Å². The first-order valence-corrected chi connectivity index (χ1v) is 11.7. The molecule has 6 nitrogen and oxygen atoms in total. The number of carbonyl (C=O) groups excluding carboxylic acids is 2. The summed E-state index contributed by atoms with van der Waals surface area (Å²) in [5.74, 6) is -1.02. The minimum Gasteiger partial charge on any atom is -0.346 e. The zero-order chi connectivity index (χ0) is 21.1. The Labute approximate surface area is 179 Å². The summed E-state index contributed by atoms with van der Waals surface area (Å²) in [6, 6.07) is 13.5. The largest absolute Gasteiger partial charge is 0.346 e. The lowest BCUT2D eigenvalue weighted by atomic mass is 10.1. The summed E-state index contributed by atoms with van der Waals surface area (Å²) in [6.45, 7) is 1.57. The van der Waals surface area contributed by atoms with E-state index in [0.29, 0.717) is 18.5 Å². The second-order valence-electron chi connectivity index (χ2n) is 7.21. The Morgan fingerprint density at radius 3 is 2.34 bits per heavy atom. The van der Waals surface area contributed by atoms with Crippen molar-refractivity contribution in [2.24, 2.45) is 0 Å². The average Bonchev–Trinajstić information content (AvgIpc) is 3.21. The van der Waals surface area contributed by atoms with E-state index in [1.807, 2.05) is 13.0 Å². The molecule has 1 saturated carbocycles. The van der Waals surface area contributed by atoms with Gasteiger partial charge in [-0.25, -0.2) is 8.42 Å². The average molecular weight is 479 g/mol.